The topological polar surface area (TPSA) is 46.5 Å². The molecule has 5 rings (SSSR count). The van der Waals surface area contributed by atoms with Gasteiger partial charge < -0.3 is 14.6 Å². The van der Waals surface area contributed by atoms with Gasteiger partial charge in [0.15, 0.2) is 0 Å². The summed E-state index contributed by atoms with van der Waals surface area (Å²) in [6.07, 6.45) is 8.31. The van der Waals surface area contributed by atoms with Crippen LogP contribution in [0.3, 0.4) is 0 Å². The van der Waals surface area contributed by atoms with E-state index in [-0.39, 0.29) is 17.4 Å². The maximum absolute atomic E-state index is 13.6. The summed E-state index contributed by atoms with van der Waals surface area (Å²) >= 11 is 0. The fourth-order valence-electron chi connectivity index (χ4n) is 6.06. The number of aryl methyl sites for hydroxylation is 1. The summed E-state index contributed by atoms with van der Waals surface area (Å²) in [6.45, 7) is 9.91. The molecular weight excluding hydrogens is 446 g/mol. The molecule has 3 heterocycles. The number of fused-ring (bicyclic) bond motifs is 2. The Morgan fingerprint density at radius 1 is 1.03 bits per heavy atom. The zero-order valence-corrected chi connectivity index (χ0v) is 22.1. The lowest BCUT2D eigenvalue weighted by Gasteiger charge is -2.41. The molecule has 0 unspecified atom stereocenters. The van der Waals surface area contributed by atoms with E-state index in [1.165, 1.54) is 22.0 Å². The van der Waals surface area contributed by atoms with Gasteiger partial charge in [-0.15, -0.1) is 0 Å². The molecule has 5 heteroatoms. The molecule has 2 aliphatic heterocycles. The van der Waals surface area contributed by atoms with E-state index in [2.05, 4.69) is 78.2 Å². The van der Waals surface area contributed by atoms with Crippen LogP contribution in [0.15, 0.2) is 54.7 Å². The third kappa shape index (κ3) is 5.17. The van der Waals surface area contributed by atoms with Crippen molar-refractivity contribution < 1.29 is 9.53 Å². The fourth-order valence-corrected chi connectivity index (χ4v) is 6.06. The zero-order chi connectivity index (χ0) is 25.1. The molecule has 0 radical (unpaired) electrons. The van der Waals surface area contributed by atoms with Crippen molar-refractivity contribution >= 4 is 16.8 Å². The van der Waals surface area contributed by atoms with E-state index in [4.69, 9.17) is 4.74 Å². The Bertz CT molecular complexity index is 1190. The third-order valence-electron chi connectivity index (χ3n) is 8.26. The molecule has 2 aromatic carbocycles. The van der Waals surface area contributed by atoms with Gasteiger partial charge in [-0.05, 0) is 89.2 Å². The van der Waals surface area contributed by atoms with E-state index in [0.29, 0.717) is 12.6 Å². The van der Waals surface area contributed by atoms with Crippen LogP contribution >= 0.6 is 0 Å². The van der Waals surface area contributed by atoms with Crippen LogP contribution in [-0.2, 0) is 17.8 Å². The quantitative estimate of drug-likeness (QED) is 0.485. The first-order chi connectivity index (χ1) is 17.4. The summed E-state index contributed by atoms with van der Waals surface area (Å²) in [5.74, 6) is 1.18. The van der Waals surface area contributed by atoms with Crippen molar-refractivity contribution in [1.29, 1.82) is 0 Å². The molecule has 1 atom stereocenters. The Morgan fingerprint density at radius 2 is 1.78 bits per heavy atom. The standard InChI is InChI=1S/C31H41N3O2/c1-23(2)34-21-26(27-12-5-6-13-28(27)34)20-33-18-16-31(17-19-33)15-9-8-11-25-10-4-7-14-29(25)36-22-24(3)32-30(31)35/h4-7,10,12-14,21,23-24H,8-9,11,15-20,22H2,1-3H3,(H,32,35)/t24-/m1/s1. The van der Waals surface area contributed by atoms with Gasteiger partial charge in [0.25, 0.3) is 0 Å². The van der Waals surface area contributed by atoms with Gasteiger partial charge in [-0.25, -0.2) is 0 Å². The minimum Gasteiger partial charge on any atom is -0.491 e. The van der Waals surface area contributed by atoms with Gasteiger partial charge >= 0.3 is 0 Å². The predicted molar refractivity (Wildman–Crippen MR) is 146 cm³/mol. The number of likely N-dealkylation sites (tertiary alicyclic amines) is 1. The number of para-hydroxylation sites is 2. The van der Waals surface area contributed by atoms with Crippen LogP contribution in [0.4, 0.5) is 0 Å². The SMILES string of the molecule is CC(C)n1cc(CN2CCC3(CCCCc4ccccc4OC[C@@H](C)NC3=O)CC2)c2ccccc21. The first-order valence-corrected chi connectivity index (χ1v) is 13.8. The molecule has 1 fully saturated rings. The normalized spacial score (nSPS) is 21.4. The van der Waals surface area contributed by atoms with E-state index in [9.17, 15) is 4.79 Å². The number of hydrogen-bond donors (Lipinski definition) is 1. The lowest BCUT2D eigenvalue weighted by molar-refractivity contribution is -0.135. The highest BCUT2D eigenvalue weighted by molar-refractivity contribution is 5.84. The summed E-state index contributed by atoms with van der Waals surface area (Å²) in [7, 11) is 0. The number of carbonyl (C=O) groups excluding carboxylic acids is 1. The van der Waals surface area contributed by atoms with Crippen molar-refractivity contribution in [2.24, 2.45) is 5.41 Å². The predicted octanol–water partition coefficient (Wildman–Crippen LogP) is 6.11. The first kappa shape index (κ1) is 24.9. The van der Waals surface area contributed by atoms with Crippen LogP contribution in [-0.4, -0.2) is 41.1 Å². The minimum atomic E-state index is -0.268. The maximum Gasteiger partial charge on any atom is 0.226 e. The lowest BCUT2D eigenvalue weighted by atomic mass is 9.73. The second-order valence-corrected chi connectivity index (χ2v) is 11.2. The van der Waals surface area contributed by atoms with Crippen LogP contribution in [0.2, 0.25) is 0 Å². The number of nitrogens with one attached hydrogen (secondary N) is 1. The van der Waals surface area contributed by atoms with Crippen LogP contribution in [0.25, 0.3) is 10.9 Å². The molecule has 1 amide bonds. The molecule has 2 aliphatic rings. The molecule has 1 aromatic heterocycles. The van der Waals surface area contributed by atoms with Crippen LogP contribution < -0.4 is 10.1 Å². The van der Waals surface area contributed by atoms with Crippen LogP contribution in [0.1, 0.15) is 70.0 Å². The smallest absolute Gasteiger partial charge is 0.226 e. The van der Waals surface area contributed by atoms with E-state index in [1.807, 2.05) is 12.1 Å². The second kappa shape index (κ2) is 10.7. The molecule has 0 aliphatic carbocycles. The highest BCUT2D eigenvalue weighted by Gasteiger charge is 2.41. The molecule has 5 nitrogen and oxygen atoms in total. The van der Waals surface area contributed by atoms with Crippen molar-refractivity contribution in [2.45, 2.75) is 77.9 Å². The number of benzene rings is 2. The second-order valence-electron chi connectivity index (χ2n) is 11.2. The number of carbonyl (C=O) groups is 1. The van der Waals surface area contributed by atoms with Crippen molar-refractivity contribution in [1.82, 2.24) is 14.8 Å². The molecule has 192 valence electrons. The summed E-state index contributed by atoms with van der Waals surface area (Å²) in [5.41, 5.74) is 3.71. The number of aromatic nitrogens is 1. The van der Waals surface area contributed by atoms with Crippen molar-refractivity contribution in [3.63, 3.8) is 0 Å². The fraction of sp³-hybridized carbons (Fsp3) is 0.516. The van der Waals surface area contributed by atoms with E-state index >= 15 is 0 Å². The average Bonchev–Trinajstić information content (AvgIpc) is 3.25. The monoisotopic (exact) mass is 487 g/mol. The van der Waals surface area contributed by atoms with Gasteiger partial charge in [0.1, 0.15) is 12.4 Å². The van der Waals surface area contributed by atoms with Crippen molar-refractivity contribution in [2.75, 3.05) is 19.7 Å². The lowest BCUT2D eigenvalue weighted by Crippen LogP contribution is -2.51. The summed E-state index contributed by atoms with van der Waals surface area (Å²) in [4.78, 5) is 16.1. The highest BCUT2D eigenvalue weighted by Crippen LogP contribution is 2.39. The molecule has 36 heavy (non-hydrogen) atoms. The summed E-state index contributed by atoms with van der Waals surface area (Å²) in [5, 5.41) is 4.66. The Kier molecular flexibility index (Phi) is 7.38. The third-order valence-corrected chi connectivity index (χ3v) is 8.26. The number of nitrogens with zero attached hydrogens (tertiary/aromatic N) is 2. The van der Waals surface area contributed by atoms with E-state index in [1.54, 1.807) is 0 Å². The number of rotatable bonds is 3. The number of ether oxygens (including phenoxy) is 1. The van der Waals surface area contributed by atoms with Crippen molar-refractivity contribution in [3.8, 4) is 5.75 Å². The van der Waals surface area contributed by atoms with Crippen LogP contribution in [0, 0.1) is 5.41 Å². The summed E-state index contributed by atoms with van der Waals surface area (Å²) in [6, 6.07) is 17.5. The first-order valence-electron chi connectivity index (χ1n) is 13.8. The van der Waals surface area contributed by atoms with Crippen molar-refractivity contribution in [3.05, 3.63) is 65.9 Å². The molecule has 1 saturated heterocycles. The zero-order valence-electron chi connectivity index (χ0n) is 22.1. The highest BCUT2D eigenvalue weighted by atomic mass is 16.5. The Morgan fingerprint density at radius 3 is 2.58 bits per heavy atom. The largest absolute Gasteiger partial charge is 0.491 e. The van der Waals surface area contributed by atoms with Gasteiger partial charge in [0.2, 0.25) is 5.91 Å². The van der Waals surface area contributed by atoms with Gasteiger partial charge in [0.05, 0.1) is 11.5 Å². The molecule has 1 N–H and O–H groups in total. The van der Waals surface area contributed by atoms with Gasteiger partial charge in [-0.2, -0.15) is 0 Å². The Balaban J connectivity index is 1.28. The molecule has 0 bridgehead atoms. The maximum atomic E-state index is 13.6. The minimum absolute atomic E-state index is 0.0120. The van der Waals surface area contributed by atoms with Crippen LogP contribution in [0.5, 0.6) is 5.75 Å². The summed E-state index contributed by atoms with van der Waals surface area (Å²) < 4.78 is 8.50. The molecule has 1 spiro atoms. The van der Waals surface area contributed by atoms with Gasteiger partial charge in [-0.1, -0.05) is 42.8 Å². The molecule has 3 aromatic rings. The Labute approximate surface area is 215 Å². The number of amides is 1. The number of piperidine rings is 1. The molecular formula is C31H41N3O2. The average molecular weight is 488 g/mol. The van der Waals surface area contributed by atoms with E-state index in [0.717, 1.165) is 63.9 Å². The molecule has 0 saturated carbocycles. The van der Waals surface area contributed by atoms with Gasteiger partial charge in [-0.3, -0.25) is 9.69 Å². The number of hydrogen-bond acceptors (Lipinski definition) is 3. The Hall–Kier alpha value is -2.79. The van der Waals surface area contributed by atoms with E-state index < -0.39 is 0 Å². The van der Waals surface area contributed by atoms with Gasteiger partial charge in [0, 0.05) is 29.7 Å².